The second-order valence-corrected chi connectivity index (χ2v) is 4.61. The molecule has 0 aliphatic rings. The van der Waals surface area contributed by atoms with Crippen LogP contribution in [0.5, 0.6) is 0 Å². The molecular formula is C11H17N3O2S. The molecule has 1 atom stereocenters. The summed E-state index contributed by atoms with van der Waals surface area (Å²) in [5.41, 5.74) is 4.98. The van der Waals surface area contributed by atoms with Crippen molar-refractivity contribution in [3.8, 4) is 0 Å². The lowest BCUT2D eigenvalue weighted by Gasteiger charge is -2.16. The third kappa shape index (κ3) is 4.97. The number of thiophene rings is 1. The van der Waals surface area contributed by atoms with Crippen LogP contribution in [0.3, 0.4) is 0 Å². The summed E-state index contributed by atoms with van der Waals surface area (Å²) >= 11 is 1.61. The second-order valence-electron chi connectivity index (χ2n) is 3.58. The fourth-order valence-electron chi connectivity index (χ4n) is 1.43. The molecule has 0 fully saturated rings. The Bertz CT molecular complexity index is 365. The number of primary amides is 1. The van der Waals surface area contributed by atoms with Crippen molar-refractivity contribution in [2.45, 2.75) is 19.4 Å². The van der Waals surface area contributed by atoms with Gasteiger partial charge >= 0.3 is 0 Å². The minimum atomic E-state index is -0.537. The standard InChI is InChI=1S/C11H17N3O2S/c1-2-13-9(6-8-4-3-5-17-8)11(16)14-7-10(12)15/h3-5,9,13H,2,6-7H2,1H3,(H2,12,15)(H,14,16)/t9-/m1/s1. The zero-order chi connectivity index (χ0) is 12.7. The van der Waals surface area contributed by atoms with Crippen LogP contribution in [0.2, 0.25) is 0 Å². The van der Waals surface area contributed by atoms with E-state index in [0.717, 1.165) is 4.88 Å². The molecule has 0 bridgehead atoms. The number of carbonyl (C=O) groups excluding carboxylic acids is 2. The van der Waals surface area contributed by atoms with Gasteiger partial charge in [0.1, 0.15) is 0 Å². The summed E-state index contributed by atoms with van der Waals surface area (Å²) in [6, 6.07) is 3.61. The van der Waals surface area contributed by atoms with E-state index in [0.29, 0.717) is 13.0 Å². The van der Waals surface area contributed by atoms with E-state index in [1.807, 2.05) is 24.4 Å². The molecule has 2 amide bonds. The van der Waals surface area contributed by atoms with Gasteiger partial charge in [0.25, 0.3) is 0 Å². The fraction of sp³-hybridized carbons (Fsp3) is 0.455. The van der Waals surface area contributed by atoms with Crippen molar-refractivity contribution in [2.24, 2.45) is 5.73 Å². The maximum absolute atomic E-state index is 11.8. The van der Waals surface area contributed by atoms with E-state index in [1.54, 1.807) is 11.3 Å². The number of carbonyl (C=O) groups is 2. The fourth-order valence-corrected chi connectivity index (χ4v) is 2.18. The first-order valence-corrected chi connectivity index (χ1v) is 6.33. The first kappa shape index (κ1) is 13.7. The summed E-state index contributed by atoms with van der Waals surface area (Å²) in [4.78, 5) is 23.5. The van der Waals surface area contributed by atoms with Gasteiger partial charge in [-0.15, -0.1) is 11.3 Å². The van der Waals surface area contributed by atoms with Gasteiger partial charge in [0.2, 0.25) is 11.8 Å². The Morgan fingerprint density at radius 1 is 1.53 bits per heavy atom. The molecule has 0 saturated heterocycles. The smallest absolute Gasteiger partial charge is 0.237 e. The van der Waals surface area contributed by atoms with Crippen LogP contribution in [-0.2, 0) is 16.0 Å². The predicted molar refractivity (Wildman–Crippen MR) is 67.7 cm³/mol. The summed E-state index contributed by atoms with van der Waals surface area (Å²) in [6.07, 6.45) is 0.621. The van der Waals surface area contributed by atoms with Crippen molar-refractivity contribution < 1.29 is 9.59 Å². The first-order chi connectivity index (χ1) is 8.13. The van der Waals surface area contributed by atoms with Crippen LogP contribution in [0, 0.1) is 0 Å². The minimum absolute atomic E-state index is 0.120. The molecule has 0 saturated carbocycles. The van der Waals surface area contributed by atoms with Gasteiger partial charge in [-0.2, -0.15) is 0 Å². The van der Waals surface area contributed by atoms with Gasteiger partial charge < -0.3 is 16.4 Å². The minimum Gasteiger partial charge on any atom is -0.368 e. The molecule has 0 radical (unpaired) electrons. The van der Waals surface area contributed by atoms with Gasteiger partial charge in [0.05, 0.1) is 12.6 Å². The topological polar surface area (TPSA) is 84.2 Å². The number of rotatable bonds is 7. The Morgan fingerprint density at radius 3 is 2.82 bits per heavy atom. The molecule has 1 rings (SSSR count). The Balaban J connectivity index is 2.52. The van der Waals surface area contributed by atoms with Crippen LogP contribution in [0.1, 0.15) is 11.8 Å². The molecule has 1 aromatic rings. The number of hydrogen-bond donors (Lipinski definition) is 3. The van der Waals surface area contributed by atoms with Crippen molar-refractivity contribution in [2.75, 3.05) is 13.1 Å². The molecule has 4 N–H and O–H groups in total. The van der Waals surface area contributed by atoms with Gasteiger partial charge in [0.15, 0.2) is 0 Å². The highest BCUT2D eigenvalue weighted by molar-refractivity contribution is 7.09. The molecule has 5 nitrogen and oxygen atoms in total. The molecule has 0 aliphatic carbocycles. The normalized spacial score (nSPS) is 12.1. The maximum atomic E-state index is 11.8. The van der Waals surface area contributed by atoms with E-state index in [-0.39, 0.29) is 18.5 Å². The first-order valence-electron chi connectivity index (χ1n) is 5.45. The molecule has 0 unspecified atom stereocenters. The van der Waals surface area contributed by atoms with Gasteiger partial charge in [0, 0.05) is 11.3 Å². The summed E-state index contributed by atoms with van der Waals surface area (Å²) in [7, 11) is 0. The monoisotopic (exact) mass is 255 g/mol. The van der Waals surface area contributed by atoms with Crippen LogP contribution in [-0.4, -0.2) is 30.9 Å². The highest BCUT2D eigenvalue weighted by atomic mass is 32.1. The molecule has 1 heterocycles. The predicted octanol–water partition coefficient (Wildman–Crippen LogP) is -0.130. The molecule has 0 aromatic carbocycles. The van der Waals surface area contributed by atoms with E-state index < -0.39 is 5.91 Å². The van der Waals surface area contributed by atoms with E-state index in [2.05, 4.69) is 10.6 Å². The Morgan fingerprint density at radius 2 is 2.29 bits per heavy atom. The third-order valence-corrected chi connectivity index (χ3v) is 3.09. The van der Waals surface area contributed by atoms with Crippen LogP contribution in [0.4, 0.5) is 0 Å². The second kappa shape index (κ2) is 7.03. The van der Waals surface area contributed by atoms with Gasteiger partial charge in [-0.05, 0) is 18.0 Å². The largest absolute Gasteiger partial charge is 0.368 e. The molecular weight excluding hydrogens is 238 g/mol. The number of hydrogen-bond acceptors (Lipinski definition) is 4. The van der Waals surface area contributed by atoms with Crippen LogP contribution >= 0.6 is 11.3 Å². The van der Waals surface area contributed by atoms with E-state index in [4.69, 9.17) is 5.73 Å². The van der Waals surface area contributed by atoms with E-state index >= 15 is 0 Å². The van der Waals surface area contributed by atoms with Crippen molar-refractivity contribution in [1.82, 2.24) is 10.6 Å². The maximum Gasteiger partial charge on any atom is 0.237 e. The summed E-state index contributed by atoms with van der Waals surface area (Å²) in [5.74, 6) is -0.733. The SMILES string of the molecule is CCN[C@H](Cc1cccs1)C(=O)NCC(N)=O. The van der Waals surface area contributed by atoms with Gasteiger partial charge in [-0.1, -0.05) is 13.0 Å². The Labute approximate surface area is 104 Å². The third-order valence-electron chi connectivity index (χ3n) is 2.19. The van der Waals surface area contributed by atoms with Crippen LogP contribution in [0.15, 0.2) is 17.5 Å². The Hall–Kier alpha value is -1.40. The molecule has 0 spiro atoms. The highest BCUT2D eigenvalue weighted by Gasteiger charge is 2.18. The number of amides is 2. The summed E-state index contributed by atoms with van der Waals surface area (Å²) in [5, 5.41) is 7.57. The average Bonchev–Trinajstić information content (AvgIpc) is 2.78. The lowest BCUT2D eigenvalue weighted by Crippen LogP contribution is -2.47. The summed E-state index contributed by atoms with van der Waals surface area (Å²) in [6.45, 7) is 2.51. The molecule has 0 aliphatic heterocycles. The highest BCUT2D eigenvalue weighted by Crippen LogP contribution is 2.11. The zero-order valence-electron chi connectivity index (χ0n) is 9.73. The Kier molecular flexibility index (Phi) is 5.65. The van der Waals surface area contributed by atoms with Crippen LogP contribution in [0.25, 0.3) is 0 Å². The van der Waals surface area contributed by atoms with Crippen molar-refractivity contribution in [3.63, 3.8) is 0 Å². The quantitative estimate of drug-likeness (QED) is 0.634. The number of nitrogens with two attached hydrogens (primary N) is 1. The molecule has 94 valence electrons. The van der Waals surface area contributed by atoms with Crippen molar-refractivity contribution in [1.29, 1.82) is 0 Å². The van der Waals surface area contributed by atoms with Crippen molar-refractivity contribution >= 4 is 23.2 Å². The molecule has 1 aromatic heterocycles. The summed E-state index contributed by atoms with van der Waals surface area (Å²) < 4.78 is 0. The average molecular weight is 255 g/mol. The molecule has 17 heavy (non-hydrogen) atoms. The number of likely N-dealkylation sites (N-methyl/N-ethyl adjacent to an activating group) is 1. The van der Waals surface area contributed by atoms with Crippen molar-refractivity contribution in [3.05, 3.63) is 22.4 Å². The number of nitrogens with one attached hydrogen (secondary N) is 2. The van der Waals surface area contributed by atoms with E-state index in [1.165, 1.54) is 0 Å². The molecule has 6 heteroatoms. The van der Waals surface area contributed by atoms with Gasteiger partial charge in [-0.25, -0.2) is 0 Å². The lowest BCUT2D eigenvalue weighted by molar-refractivity contribution is -0.126. The van der Waals surface area contributed by atoms with Gasteiger partial charge in [-0.3, -0.25) is 9.59 Å². The van der Waals surface area contributed by atoms with Crippen LogP contribution < -0.4 is 16.4 Å². The lowest BCUT2D eigenvalue weighted by atomic mass is 10.1. The zero-order valence-corrected chi connectivity index (χ0v) is 10.5. The van der Waals surface area contributed by atoms with E-state index in [9.17, 15) is 9.59 Å².